The smallest absolute Gasteiger partial charge is 0.208 e. The standard InChI is InChI=1S/C37H50N2O6/c1-3-4-7-34-26(21-40)17-28(45-34)10-8-24-9-11-32(42)35(15-24)44-22-33(43)31-18-29-30(20-38-19-23(2)41)37-13-5-6-27(37)16-25(12-14-37)36(29)39-31/h9,11-12,14-15,17-18,23,25,27,30,33-34,38,40-41,43,45H,3-8,10,13,16,19-22H2,1-2H3/p+1/t23-,25-,27+,30+,33-,34?,37+/m0/s1. The number of nitrogens with zero attached hydrogens (tertiary/aromatic N) is 1. The molecule has 0 aromatic heterocycles. The van der Waals surface area contributed by atoms with Gasteiger partial charge < -0.3 is 35.2 Å². The van der Waals surface area contributed by atoms with Crippen LogP contribution in [0.25, 0.3) is 0 Å². The van der Waals surface area contributed by atoms with Crippen molar-refractivity contribution in [1.29, 1.82) is 0 Å². The monoisotopic (exact) mass is 619 g/mol. The van der Waals surface area contributed by atoms with Crippen LogP contribution in [0.15, 0.2) is 58.8 Å². The Kier molecular flexibility index (Phi) is 9.97. The lowest BCUT2D eigenvalue weighted by Gasteiger charge is -2.39. The first-order valence-corrected chi connectivity index (χ1v) is 17.1. The summed E-state index contributed by atoms with van der Waals surface area (Å²) in [5.74, 6) is 2.74. The van der Waals surface area contributed by atoms with Crippen LogP contribution in [0.3, 0.4) is 0 Å². The highest BCUT2D eigenvalue weighted by molar-refractivity contribution is 6.06. The molecule has 8 nitrogen and oxygen atoms in total. The molecule has 45 heavy (non-hydrogen) atoms. The summed E-state index contributed by atoms with van der Waals surface area (Å²) in [6.07, 6.45) is 18.1. The van der Waals surface area contributed by atoms with Gasteiger partial charge >= 0.3 is 0 Å². The number of aliphatic hydroxyl groups is 5. The number of phenols is 1. The fourth-order valence-electron chi connectivity index (χ4n) is 8.31. The minimum absolute atomic E-state index is 0.0134. The molecule has 0 radical (unpaired) electrons. The van der Waals surface area contributed by atoms with Crippen molar-refractivity contribution in [1.82, 2.24) is 5.32 Å². The minimum Gasteiger partial charge on any atom is -0.504 e. The number of unbranched alkanes of at least 4 members (excludes halogenated alkanes) is 1. The second-order valence-electron chi connectivity index (χ2n) is 13.8. The molecular formula is C37H51N2O6+. The average molecular weight is 620 g/mol. The molecule has 4 aliphatic carbocycles. The quantitative estimate of drug-likeness (QED) is 0.112. The van der Waals surface area contributed by atoms with E-state index in [2.05, 4.69) is 30.5 Å². The lowest BCUT2D eigenvalue weighted by molar-refractivity contribution is -0.0550. The summed E-state index contributed by atoms with van der Waals surface area (Å²) in [7, 11) is 0. The Balaban J connectivity index is 1.09. The first-order chi connectivity index (χ1) is 21.8. The van der Waals surface area contributed by atoms with Crippen LogP contribution in [-0.2, 0) is 6.42 Å². The van der Waals surface area contributed by atoms with Crippen LogP contribution < -0.4 is 10.1 Å². The van der Waals surface area contributed by atoms with Crippen LogP contribution in [-0.4, -0.2) is 75.5 Å². The van der Waals surface area contributed by atoms with Gasteiger partial charge in [0.15, 0.2) is 23.3 Å². The maximum atomic E-state index is 11.3. The van der Waals surface area contributed by atoms with E-state index in [4.69, 9.17) is 14.5 Å². The normalized spacial score (nSPS) is 29.7. The number of rotatable bonds is 15. The highest BCUT2D eigenvalue weighted by Crippen LogP contribution is 2.61. The predicted octanol–water partition coefficient (Wildman–Crippen LogP) is 4.49. The summed E-state index contributed by atoms with van der Waals surface area (Å²) in [6, 6.07) is 5.36. The van der Waals surface area contributed by atoms with E-state index in [0.29, 0.717) is 23.9 Å². The van der Waals surface area contributed by atoms with E-state index < -0.39 is 12.2 Å². The summed E-state index contributed by atoms with van der Waals surface area (Å²) in [5, 5.41) is 44.9. The van der Waals surface area contributed by atoms with E-state index in [0.717, 1.165) is 74.4 Å². The molecule has 2 saturated carbocycles. The van der Waals surface area contributed by atoms with Crippen molar-refractivity contribution >= 4 is 5.71 Å². The molecule has 7 atom stereocenters. The Morgan fingerprint density at radius 1 is 1.29 bits per heavy atom. The van der Waals surface area contributed by atoms with Crippen LogP contribution in [0.4, 0.5) is 0 Å². The number of allylic oxidation sites excluding steroid dienone is 3. The molecule has 0 amide bonds. The van der Waals surface area contributed by atoms with E-state index in [9.17, 15) is 20.4 Å². The molecule has 2 aliphatic heterocycles. The molecule has 0 saturated heterocycles. The summed E-state index contributed by atoms with van der Waals surface area (Å²) in [4.78, 5) is 5.01. The number of hydrogen-bond donors (Lipinski definition) is 5. The van der Waals surface area contributed by atoms with Crippen molar-refractivity contribution in [3.05, 3.63) is 71.4 Å². The van der Waals surface area contributed by atoms with Gasteiger partial charge in [0.05, 0.1) is 18.1 Å². The first kappa shape index (κ1) is 32.2. The highest BCUT2D eigenvalue weighted by Gasteiger charge is 2.60. The Labute approximate surface area is 267 Å². The second kappa shape index (κ2) is 13.9. The zero-order chi connectivity index (χ0) is 31.6. The number of aryl methyl sites for hydroxylation is 1. The Morgan fingerprint density at radius 3 is 2.96 bits per heavy atom. The number of aliphatic imine (C=N–C) groups is 1. The van der Waals surface area contributed by atoms with Gasteiger partial charge in [0.2, 0.25) is 5.70 Å². The van der Waals surface area contributed by atoms with E-state index in [1.807, 2.05) is 18.2 Å². The van der Waals surface area contributed by atoms with Crippen molar-refractivity contribution in [2.75, 3.05) is 26.3 Å². The van der Waals surface area contributed by atoms with Gasteiger partial charge in [0.25, 0.3) is 0 Å². The highest BCUT2D eigenvalue weighted by atomic mass is 16.5. The molecule has 1 aromatic carbocycles. The number of hydrogen-bond acceptors (Lipinski definition) is 7. The van der Waals surface area contributed by atoms with E-state index in [1.54, 1.807) is 13.0 Å². The third-order valence-electron chi connectivity index (χ3n) is 10.7. The van der Waals surface area contributed by atoms with Crippen LogP contribution in [0.2, 0.25) is 0 Å². The molecule has 8 heteroatoms. The molecule has 1 spiro atoms. The predicted molar refractivity (Wildman–Crippen MR) is 176 cm³/mol. The number of benzene rings is 1. The largest absolute Gasteiger partial charge is 0.504 e. The summed E-state index contributed by atoms with van der Waals surface area (Å²) >= 11 is 0. The van der Waals surface area contributed by atoms with Crippen LogP contribution in [0.5, 0.6) is 11.5 Å². The van der Waals surface area contributed by atoms with Crippen molar-refractivity contribution in [2.45, 2.75) is 89.9 Å². The van der Waals surface area contributed by atoms with Gasteiger partial charge in [-0.05, 0) is 69.1 Å². The third kappa shape index (κ3) is 6.72. The molecule has 244 valence electrons. The van der Waals surface area contributed by atoms with Crippen molar-refractivity contribution in [2.24, 2.45) is 28.2 Å². The Bertz CT molecular complexity index is 1320. The lowest BCUT2D eigenvalue weighted by Crippen LogP contribution is -2.42. The van der Waals surface area contributed by atoms with E-state index >= 15 is 0 Å². The molecule has 1 unspecified atom stereocenters. The number of phenolic OH excluding ortho intramolecular Hbond substituents is 1. The molecule has 1 aromatic rings. The fraction of sp³-hybridized carbons (Fsp3) is 0.595. The first-order valence-electron chi connectivity index (χ1n) is 17.1. The van der Waals surface area contributed by atoms with E-state index in [1.165, 1.54) is 18.8 Å². The number of ether oxygens (including phenoxy) is 2. The molecule has 6 aliphatic rings. The maximum Gasteiger partial charge on any atom is 0.208 e. The lowest BCUT2D eigenvalue weighted by atomic mass is 9.63. The maximum absolute atomic E-state index is 11.3. The van der Waals surface area contributed by atoms with Crippen molar-refractivity contribution in [3.63, 3.8) is 0 Å². The second-order valence-corrected chi connectivity index (χ2v) is 13.8. The van der Waals surface area contributed by atoms with Gasteiger partial charge in [-0.1, -0.05) is 38.0 Å². The van der Waals surface area contributed by atoms with Gasteiger partial charge in [-0.15, -0.1) is 16.6 Å². The minimum atomic E-state index is -0.930. The Hall–Kier alpha value is -2.75. The molecule has 7 rings (SSSR count). The summed E-state index contributed by atoms with van der Waals surface area (Å²) < 4.78 is 10.8. The summed E-state index contributed by atoms with van der Waals surface area (Å²) in [5.41, 5.74) is 3.80. The molecule has 6 N–H and O–H groups in total. The molecular weight excluding hydrogens is 568 g/mol. The SMILES string of the molecule is CCCCC1[OH+][C-](CCc2ccc(O)c(OC[C@H](O)C3=C[C+]4C(=N3)[C@H]3C=C[C@@]5(CCC[C@@H]5C3)[C@@H]4CNC[C@H](C)O)c2)C=C1CO. The van der Waals surface area contributed by atoms with Gasteiger partial charge in [0, 0.05) is 37.5 Å². The number of nitrogens with one attached hydrogen (secondary N) is 1. The van der Waals surface area contributed by atoms with Crippen molar-refractivity contribution in [3.8, 4) is 11.5 Å². The number of aromatic hydroxyl groups is 1. The van der Waals surface area contributed by atoms with Gasteiger partial charge in [-0.2, -0.15) is 0 Å². The average Bonchev–Trinajstić information content (AvgIpc) is 3.75. The molecule has 2 bridgehead atoms. The summed E-state index contributed by atoms with van der Waals surface area (Å²) in [6.45, 7) is 5.32. The van der Waals surface area contributed by atoms with E-state index in [-0.39, 0.29) is 42.3 Å². The zero-order valence-corrected chi connectivity index (χ0v) is 26.8. The zero-order valence-electron chi connectivity index (χ0n) is 26.8. The number of aliphatic hydroxyl groups excluding tert-OH is 3. The van der Waals surface area contributed by atoms with Crippen molar-refractivity contribution < 1.29 is 29.9 Å². The van der Waals surface area contributed by atoms with Gasteiger partial charge in [-0.3, -0.25) is 0 Å². The van der Waals surface area contributed by atoms with Crippen LogP contribution in [0, 0.1) is 35.2 Å². The molecule has 2 fully saturated rings. The van der Waals surface area contributed by atoms with Gasteiger partial charge in [-0.25, -0.2) is 0 Å². The van der Waals surface area contributed by atoms with Crippen LogP contribution in [0.1, 0.15) is 70.8 Å². The fourth-order valence-corrected chi connectivity index (χ4v) is 8.31. The Morgan fingerprint density at radius 2 is 2.16 bits per heavy atom. The van der Waals surface area contributed by atoms with Crippen LogP contribution >= 0.6 is 0 Å². The molecule has 2 heterocycles. The third-order valence-corrected chi connectivity index (χ3v) is 10.7. The van der Waals surface area contributed by atoms with Gasteiger partial charge in [0.1, 0.15) is 24.7 Å². The topological polar surface area (TPSA) is 127 Å².